The predicted octanol–water partition coefficient (Wildman–Crippen LogP) is 4.99. The van der Waals surface area contributed by atoms with Crippen LogP contribution < -0.4 is 15.4 Å². The van der Waals surface area contributed by atoms with Crippen LogP contribution in [-0.4, -0.2) is 21.4 Å². The third kappa shape index (κ3) is 6.32. The van der Waals surface area contributed by atoms with Crippen LogP contribution in [-0.2, 0) is 21.2 Å². The molecular formula is C24H26ClN3O3S. The van der Waals surface area contributed by atoms with Crippen LogP contribution in [0.2, 0.25) is 5.02 Å². The van der Waals surface area contributed by atoms with Crippen LogP contribution in [0.3, 0.4) is 0 Å². The molecule has 8 heteroatoms. The largest absolute Gasteiger partial charge is 0.377 e. The molecule has 0 fully saturated rings. The summed E-state index contributed by atoms with van der Waals surface area (Å²) in [7, 11) is -2.10. The maximum Gasteiger partial charge on any atom is 0.240 e. The number of anilines is 2. The lowest BCUT2D eigenvalue weighted by molar-refractivity contribution is -0.116. The van der Waals surface area contributed by atoms with Gasteiger partial charge in [0.15, 0.2) is 0 Å². The molecule has 1 atom stereocenters. The minimum absolute atomic E-state index is 0.0867. The molecule has 0 saturated heterocycles. The molecule has 0 spiro atoms. The fourth-order valence-corrected chi connectivity index (χ4v) is 4.17. The van der Waals surface area contributed by atoms with Gasteiger partial charge in [-0.05, 0) is 61.9 Å². The second kappa shape index (κ2) is 10.6. The van der Waals surface area contributed by atoms with E-state index in [4.69, 9.17) is 11.6 Å². The molecule has 3 N–H and O–H groups in total. The lowest BCUT2D eigenvalue weighted by Gasteiger charge is -2.17. The number of hydrogen-bond donors (Lipinski definition) is 3. The van der Waals surface area contributed by atoms with Crippen LogP contribution in [0.4, 0.5) is 11.4 Å². The summed E-state index contributed by atoms with van der Waals surface area (Å²) in [4.78, 5) is 12.5. The molecule has 0 aliphatic carbocycles. The van der Waals surface area contributed by atoms with Gasteiger partial charge in [0.1, 0.15) is 0 Å². The summed E-state index contributed by atoms with van der Waals surface area (Å²) < 4.78 is 25.8. The fraction of sp³-hybridized carbons (Fsp3) is 0.208. The Hall–Kier alpha value is -2.87. The zero-order valence-electron chi connectivity index (χ0n) is 17.9. The van der Waals surface area contributed by atoms with Gasteiger partial charge in [0.25, 0.3) is 0 Å². The summed E-state index contributed by atoms with van der Waals surface area (Å²) in [5.41, 5.74) is 3.44. The van der Waals surface area contributed by atoms with Crippen LogP contribution in [0.5, 0.6) is 0 Å². The van der Waals surface area contributed by atoms with Crippen LogP contribution in [0, 0.1) is 0 Å². The van der Waals surface area contributed by atoms with Crippen molar-refractivity contribution in [1.82, 2.24) is 4.72 Å². The van der Waals surface area contributed by atoms with Crippen molar-refractivity contribution in [3.63, 3.8) is 0 Å². The molecule has 3 aromatic rings. The first-order valence-electron chi connectivity index (χ1n) is 10.2. The second-order valence-corrected chi connectivity index (χ2v) is 9.66. The number of carbonyl (C=O) groups excluding carboxylic acids is 1. The van der Waals surface area contributed by atoms with E-state index in [0.717, 1.165) is 16.8 Å². The number of sulfonamides is 1. The highest BCUT2D eigenvalue weighted by atomic mass is 35.5. The van der Waals surface area contributed by atoms with Crippen molar-refractivity contribution in [3.8, 4) is 0 Å². The maximum atomic E-state index is 12.3. The maximum absolute atomic E-state index is 12.3. The highest BCUT2D eigenvalue weighted by Crippen LogP contribution is 2.29. The molecule has 0 aliphatic heterocycles. The highest BCUT2D eigenvalue weighted by Gasteiger charge is 2.12. The minimum atomic E-state index is -3.47. The third-order valence-corrected chi connectivity index (χ3v) is 6.81. The van der Waals surface area contributed by atoms with Gasteiger partial charge in [0, 0.05) is 18.2 Å². The number of nitrogens with one attached hydrogen (secondary N) is 3. The van der Waals surface area contributed by atoms with Gasteiger partial charge in [-0.25, -0.2) is 13.1 Å². The standard InChI is InChI=1S/C24H26ClN3O3S/c1-17(19-6-4-3-5-7-19)27-23-14-11-20(16-22(23)25)28-24(29)15-10-18-8-12-21(13-9-18)32(30,31)26-2/h3-9,11-14,16-17,26-27H,10,15H2,1-2H3,(H,28,29). The van der Waals surface area contributed by atoms with Crippen molar-refractivity contribution in [2.24, 2.45) is 0 Å². The van der Waals surface area contributed by atoms with Gasteiger partial charge in [-0.1, -0.05) is 54.1 Å². The average molecular weight is 472 g/mol. The Bertz CT molecular complexity index is 1170. The molecular weight excluding hydrogens is 446 g/mol. The lowest BCUT2D eigenvalue weighted by atomic mass is 10.1. The smallest absolute Gasteiger partial charge is 0.240 e. The zero-order valence-corrected chi connectivity index (χ0v) is 19.5. The van der Waals surface area contributed by atoms with Gasteiger partial charge in [-0.3, -0.25) is 4.79 Å². The molecule has 0 bridgehead atoms. The Balaban J connectivity index is 1.54. The van der Waals surface area contributed by atoms with Gasteiger partial charge in [-0.2, -0.15) is 0 Å². The molecule has 0 saturated carbocycles. The Kier molecular flexibility index (Phi) is 7.90. The Morgan fingerprint density at radius 2 is 1.69 bits per heavy atom. The molecule has 0 radical (unpaired) electrons. The van der Waals surface area contributed by atoms with E-state index in [1.165, 1.54) is 19.2 Å². The molecule has 0 heterocycles. The third-order valence-electron chi connectivity index (χ3n) is 5.07. The van der Waals surface area contributed by atoms with Crippen LogP contribution in [0.1, 0.15) is 30.5 Å². The normalized spacial score (nSPS) is 12.2. The Labute approximate surface area is 194 Å². The van der Waals surface area contributed by atoms with Gasteiger partial charge >= 0.3 is 0 Å². The Morgan fingerprint density at radius 3 is 2.31 bits per heavy atom. The molecule has 3 aromatic carbocycles. The quantitative estimate of drug-likeness (QED) is 0.410. The van der Waals surface area contributed by atoms with E-state index in [-0.39, 0.29) is 23.3 Å². The van der Waals surface area contributed by atoms with E-state index in [1.54, 1.807) is 24.3 Å². The molecule has 1 unspecified atom stereocenters. The van der Waals surface area contributed by atoms with Gasteiger partial charge < -0.3 is 10.6 Å². The molecule has 0 aliphatic rings. The zero-order chi connectivity index (χ0) is 23.1. The lowest BCUT2D eigenvalue weighted by Crippen LogP contribution is -2.18. The van der Waals surface area contributed by atoms with E-state index in [2.05, 4.69) is 22.3 Å². The fourth-order valence-electron chi connectivity index (χ4n) is 3.20. The number of hydrogen-bond acceptors (Lipinski definition) is 4. The topological polar surface area (TPSA) is 87.3 Å². The molecule has 32 heavy (non-hydrogen) atoms. The summed E-state index contributed by atoms with van der Waals surface area (Å²) in [6.45, 7) is 2.06. The molecule has 168 valence electrons. The summed E-state index contributed by atoms with van der Waals surface area (Å²) >= 11 is 6.41. The summed E-state index contributed by atoms with van der Waals surface area (Å²) in [5.74, 6) is -0.147. The van der Waals surface area contributed by atoms with Crippen molar-refractivity contribution < 1.29 is 13.2 Å². The number of halogens is 1. The Morgan fingerprint density at radius 1 is 1.00 bits per heavy atom. The first kappa shape index (κ1) is 23.8. The van der Waals surface area contributed by atoms with Crippen molar-refractivity contribution in [1.29, 1.82) is 0 Å². The predicted molar refractivity (Wildman–Crippen MR) is 130 cm³/mol. The number of rotatable bonds is 9. The highest BCUT2D eigenvalue weighted by molar-refractivity contribution is 7.89. The number of carbonyl (C=O) groups is 1. The molecule has 1 amide bonds. The molecule has 0 aromatic heterocycles. The van der Waals surface area contributed by atoms with Crippen LogP contribution >= 0.6 is 11.6 Å². The van der Waals surface area contributed by atoms with Gasteiger partial charge in [0.05, 0.1) is 15.6 Å². The first-order chi connectivity index (χ1) is 15.3. The van der Waals surface area contributed by atoms with E-state index in [0.29, 0.717) is 17.1 Å². The number of benzene rings is 3. The van der Waals surface area contributed by atoms with Gasteiger partial charge in [0.2, 0.25) is 15.9 Å². The number of aryl methyl sites for hydroxylation is 1. The van der Waals surface area contributed by atoms with Crippen LogP contribution in [0.25, 0.3) is 0 Å². The van der Waals surface area contributed by atoms with Crippen molar-refractivity contribution in [3.05, 3.63) is 88.9 Å². The summed E-state index contributed by atoms with van der Waals surface area (Å²) in [5, 5.41) is 6.75. The first-order valence-corrected chi connectivity index (χ1v) is 12.1. The average Bonchev–Trinajstić information content (AvgIpc) is 2.80. The minimum Gasteiger partial charge on any atom is -0.377 e. The van der Waals surface area contributed by atoms with E-state index in [1.807, 2.05) is 36.4 Å². The van der Waals surface area contributed by atoms with Gasteiger partial charge in [-0.15, -0.1) is 0 Å². The summed E-state index contributed by atoms with van der Waals surface area (Å²) in [6.07, 6.45) is 0.758. The SMILES string of the molecule is CNS(=O)(=O)c1ccc(CCC(=O)Nc2ccc(NC(C)c3ccccc3)c(Cl)c2)cc1. The van der Waals surface area contributed by atoms with E-state index in [9.17, 15) is 13.2 Å². The van der Waals surface area contributed by atoms with E-state index >= 15 is 0 Å². The van der Waals surface area contributed by atoms with Crippen molar-refractivity contribution in [2.45, 2.75) is 30.7 Å². The monoisotopic (exact) mass is 471 g/mol. The van der Waals surface area contributed by atoms with Crippen molar-refractivity contribution >= 4 is 38.9 Å². The second-order valence-electron chi connectivity index (χ2n) is 7.37. The summed E-state index contributed by atoms with van der Waals surface area (Å²) in [6, 6.07) is 22.0. The molecule has 3 rings (SSSR count). The number of amides is 1. The van der Waals surface area contributed by atoms with Crippen molar-refractivity contribution in [2.75, 3.05) is 17.7 Å². The van der Waals surface area contributed by atoms with Crippen LogP contribution in [0.15, 0.2) is 77.7 Å². The van der Waals surface area contributed by atoms with E-state index < -0.39 is 10.0 Å². The molecule has 6 nitrogen and oxygen atoms in total.